The molecule has 0 radical (unpaired) electrons. The van der Waals surface area contributed by atoms with Crippen LogP contribution in [0.5, 0.6) is 5.75 Å². The first kappa shape index (κ1) is 35.4. The van der Waals surface area contributed by atoms with Crippen LogP contribution in [0.15, 0.2) is 58.7 Å². The van der Waals surface area contributed by atoms with Gasteiger partial charge >= 0.3 is 11.9 Å². The molecule has 49 heavy (non-hydrogen) atoms. The monoisotopic (exact) mass is 710 g/mol. The zero-order chi connectivity index (χ0) is 34.8. The summed E-state index contributed by atoms with van der Waals surface area (Å²) in [6.45, 7) is 5.34. The number of carbonyl (C=O) groups is 3. The molecule has 4 aliphatic heterocycles. The Morgan fingerprint density at radius 2 is 1.51 bits per heavy atom. The van der Waals surface area contributed by atoms with Crippen molar-refractivity contribution in [2.45, 2.75) is 69.6 Å². The number of para-hydroxylation sites is 1. The van der Waals surface area contributed by atoms with Gasteiger partial charge < -0.3 is 19.1 Å². The minimum absolute atomic E-state index is 0.0841. The maximum Gasteiger partial charge on any atom is 0.336 e. The molecule has 262 valence electrons. The van der Waals surface area contributed by atoms with E-state index >= 15 is 0 Å². The third-order valence-electron chi connectivity index (χ3n) is 10.8. The SMILES string of the molecule is COC(=O)C1=C(CC(=O)N2CCN(C3CC4CCC(C3)N4Cc3ccccc3OC)CC2)N=C(C)C(C(=O)OC)C1c1c(Cl)cccc1Cl. The Kier molecular flexibility index (Phi) is 11.0. The maximum atomic E-state index is 13.8. The number of esters is 2. The van der Waals surface area contributed by atoms with E-state index in [1.54, 1.807) is 32.2 Å². The summed E-state index contributed by atoms with van der Waals surface area (Å²) >= 11 is 13.3. The van der Waals surface area contributed by atoms with Crippen LogP contribution >= 0.6 is 23.2 Å². The molecule has 2 aromatic rings. The number of carbonyl (C=O) groups excluding carboxylic acids is 3. The Labute approximate surface area is 298 Å². The van der Waals surface area contributed by atoms with Crippen molar-refractivity contribution >= 4 is 46.8 Å². The van der Waals surface area contributed by atoms with Crippen molar-refractivity contribution < 1.29 is 28.6 Å². The average Bonchev–Trinajstić information content (AvgIpc) is 3.32. The van der Waals surface area contributed by atoms with Gasteiger partial charge in [-0.3, -0.25) is 24.4 Å². The average molecular weight is 712 g/mol. The van der Waals surface area contributed by atoms with E-state index in [1.807, 2.05) is 17.0 Å². The second-order valence-corrected chi connectivity index (χ2v) is 14.1. The van der Waals surface area contributed by atoms with Crippen LogP contribution in [-0.4, -0.2) is 104 Å². The summed E-state index contributed by atoms with van der Waals surface area (Å²) in [5.74, 6) is -2.41. The molecule has 0 aliphatic carbocycles. The molecule has 0 spiro atoms. The number of amides is 1. The first-order valence-electron chi connectivity index (χ1n) is 16.9. The molecule has 10 nitrogen and oxygen atoms in total. The third-order valence-corrected chi connectivity index (χ3v) is 11.5. The van der Waals surface area contributed by atoms with Gasteiger partial charge in [0, 0.05) is 78.1 Å². The largest absolute Gasteiger partial charge is 0.496 e. The van der Waals surface area contributed by atoms with Crippen LogP contribution in [-0.2, 0) is 30.4 Å². The van der Waals surface area contributed by atoms with Gasteiger partial charge in [0.2, 0.25) is 5.91 Å². The fourth-order valence-electron chi connectivity index (χ4n) is 8.40. The van der Waals surface area contributed by atoms with Gasteiger partial charge in [0.05, 0.1) is 39.0 Å². The fraction of sp³-hybridized carbons (Fsp3) is 0.514. The van der Waals surface area contributed by atoms with E-state index in [1.165, 1.54) is 32.6 Å². The number of methoxy groups -OCH3 is 3. The van der Waals surface area contributed by atoms with Gasteiger partial charge in [0.15, 0.2) is 0 Å². The number of hydrogen-bond donors (Lipinski definition) is 0. The molecule has 1 amide bonds. The van der Waals surface area contributed by atoms with E-state index in [-0.39, 0.29) is 33.6 Å². The molecule has 3 saturated heterocycles. The standard InChI is InChI=1S/C37H44Cl2N4O6/c1-22-32(36(45)48-3)35(33-27(38)9-7-10-28(33)39)34(37(46)49-4)29(40-22)20-31(44)42-16-14-41(15-17-42)26-18-24-12-13-25(19-26)43(24)21-23-8-5-6-11-30(23)47-2/h5-11,24-26,32,35H,12-21H2,1-4H3. The Hall–Kier alpha value is -3.44. The van der Waals surface area contributed by atoms with Crippen molar-refractivity contribution in [2.24, 2.45) is 10.9 Å². The zero-order valence-corrected chi connectivity index (χ0v) is 30.0. The highest BCUT2D eigenvalue weighted by Crippen LogP contribution is 2.46. The molecule has 3 fully saturated rings. The molecule has 4 aliphatic rings. The normalized spacial score (nSPS) is 26.0. The molecule has 4 heterocycles. The molecular formula is C37H44Cl2N4O6. The van der Waals surface area contributed by atoms with E-state index in [2.05, 4.69) is 26.9 Å². The number of ether oxygens (including phenoxy) is 3. The van der Waals surface area contributed by atoms with Crippen LogP contribution < -0.4 is 4.74 Å². The summed E-state index contributed by atoms with van der Waals surface area (Å²) in [4.78, 5) is 52.1. The fourth-order valence-corrected chi connectivity index (χ4v) is 9.03. The molecule has 0 saturated carbocycles. The number of rotatable bonds is 9. The summed E-state index contributed by atoms with van der Waals surface area (Å²) in [6.07, 6.45) is 4.54. The number of fused-ring (bicyclic) bond motifs is 2. The lowest BCUT2D eigenvalue weighted by atomic mass is 9.75. The minimum Gasteiger partial charge on any atom is -0.496 e. The number of halogens is 2. The van der Waals surface area contributed by atoms with Crippen molar-refractivity contribution in [3.8, 4) is 5.75 Å². The second-order valence-electron chi connectivity index (χ2n) is 13.3. The Morgan fingerprint density at radius 3 is 2.12 bits per heavy atom. The highest BCUT2D eigenvalue weighted by atomic mass is 35.5. The van der Waals surface area contributed by atoms with E-state index in [4.69, 9.17) is 37.4 Å². The van der Waals surface area contributed by atoms with Gasteiger partial charge in [-0.1, -0.05) is 47.5 Å². The number of piperazine rings is 1. The lowest BCUT2D eigenvalue weighted by molar-refractivity contribution is -0.143. The summed E-state index contributed by atoms with van der Waals surface area (Å²) in [6, 6.07) is 14.8. The van der Waals surface area contributed by atoms with Crippen molar-refractivity contribution in [1.29, 1.82) is 0 Å². The van der Waals surface area contributed by atoms with Gasteiger partial charge in [-0.05, 0) is 56.4 Å². The Balaban J connectivity index is 1.15. The van der Waals surface area contributed by atoms with E-state index < -0.39 is 23.8 Å². The second kappa shape index (κ2) is 15.2. The highest BCUT2D eigenvalue weighted by molar-refractivity contribution is 6.36. The number of hydrogen-bond acceptors (Lipinski definition) is 9. The summed E-state index contributed by atoms with van der Waals surface area (Å²) < 4.78 is 15.9. The topological polar surface area (TPSA) is 101 Å². The van der Waals surface area contributed by atoms with E-state index in [0.717, 1.165) is 38.2 Å². The molecule has 0 N–H and O–H groups in total. The molecule has 0 aromatic heterocycles. The third kappa shape index (κ3) is 7.11. The number of nitrogens with zero attached hydrogens (tertiary/aromatic N) is 4. The summed E-state index contributed by atoms with van der Waals surface area (Å²) in [5, 5.41) is 0.562. The van der Waals surface area contributed by atoms with Gasteiger partial charge in [-0.15, -0.1) is 0 Å². The lowest BCUT2D eigenvalue weighted by Crippen LogP contribution is -2.56. The van der Waals surface area contributed by atoms with Crippen LogP contribution in [0.25, 0.3) is 0 Å². The van der Waals surface area contributed by atoms with Crippen LogP contribution in [0.2, 0.25) is 10.0 Å². The first-order chi connectivity index (χ1) is 23.6. The molecular weight excluding hydrogens is 667 g/mol. The highest BCUT2D eigenvalue weighted by Gasteiger charge is 2.46. The number of benzene rings is 2. The first-order valence-corrected chi connectivity index (χ1v) is 17.7. The molecule has 4 atom stereocenters. The molecule has 2 bridgehead atoms. The summed E-state index contributed by atoms with van der Waals surface area (Å²) in [5.41, 5.74) is 2.35. The smallest absolute Gasteiger partial charge is 0.336 e. The summed E-state index contributed by atoms with van der Waals surface area (Å²) in [7, 11) is 4.26. The lowest BCUT2D eigenvalue weighted by Gasteiger charge is -2.46. The van der Waals surface area contributed by atoms with Crippen LogP contribution in [0.4, 0.5) is 0 Å². The van der Waals surface area contributed by atoms with Gasteiger partial charge in [0.25, 0.3) is 0 Å². The van der Waals surface area contributed by atoms with Gasteiger partial charge in [-0.2, -0.15) is 0 Å². The molecule has 2 aromatic carbocycles. The predicted molar refractivity (Wildman–Crippen MR) is 188 cm³/mol. The van der Waals surface area contributed by atoms with Crippen LogP contribution in [0.1, 0.15) is 56.1 Å². The quantitative estimate of drug-likeness (QED) is 0.315. The number of aliphatic imine (C=N–C) groups is 1. The van der Waals surface area contributed by atoms with E-state index in [0.29, 0.717) is 42.5 Å². The Morgan fingerprint density at radius 1 is 0.857 bits per heavy atom. The minimum atomic E-state index is -0.977. The Bertz CT molecular complexity index is 1620. The van der Waals surface area contributed by atoms with Gasteiger partial charge in [0.1, 0.15) is 11.7 Å². The molecule has 6 rings (SSSR count). The maximum absolute atomic E-state index is 13.8. The van der Waals surface area contributed by atoms with Crippen molar-refractivity contribution in [2.75, 3.05) is 47.5 Å². The van der Waals surface area contributed by atoms with Crippen LogP contribution in [0.3, 0.4) is 0 Å². The molecule has 4 unspecified atom stereocenters. The van der Waals surface area contributed by atoms with Crippen molar-refractivity contribution in [3.63, 3.8) is 0 Å². The van der Waals surface area contributed by atoms with Crippen molar-refractivity contribution in [1.82, 2.24) is 14.7 Å². The van der Waals surface area contributed by atoms with Gasteiger partial charge in [-0.25, -0.2) is 4.79 Å². The molecule has 12 heteroatoms. The number of piperidine rings is 1. The van der Waals surface area contributed by atoms with Crippen molar-refractivity contribution in [3.05, 3.63) is 74.9 Å². The zero-order valence-electron chi connectivity index (χ0n) is 28.5. The predicted octanol–water partition coefficient (Wildman–Crippen LogP) is 5.51. The van der Waals surface area contributed by atoms with Crippen LogP contribution in [0, 0.1) is 5.92 Å². The van der Waals surface area contributed by atoms with E-state index in [9.17, 15) is 14.4 Å².